The first-order chi connectivity index (χ1) is 7.31. The van der Waals surface area contributed by atoms with Gasteiger partial charge in [0.1, 0.15) is 11.3 Å². The lowest BCUT2D eigenvalue weighted by molar-refractivity contribution is 0.112. The van der Waals surface area contributed by atoms with E-state index in [4.69, 9.17) is 0 Å². The van der Waals surface area contributed by atoms with Crippen LogP contribution < -0.4 is 0 Å². The van der Waals surface area contributed by atoms with Crippen LogP contribution in [0.1, 0.15) is 10.4 Å². The van der Waals surface area contributed by atoms with Crippen molar-refractivity contribution in [2.45, 2.75) is 9.24 Å². The molecule has 2 rings (SSSR count). The Bertz CT molecular complexity index is 473. The molecule has 0 spiro atoms. The summed E-state index contributed by atoms with van der Waals surface area (Å²) in [6.45, 7) is 0. The minimum Gasteiger partial charge on any atom is -0.298 e. The second-order valence-corrected chi connectivity index (χ2v) is 4.67. The third-order valence-electron chi connectivity index (χ3n) is 1.65. The van der Waals surface area contributed by atoms with E-state index in [0.717, 1.165) is 11.8 Å². The molecular weight excluding hydrogens is 235 g/mol. The Balaban J connectivity index is 2.38. The van der Waals surface area contributed by atoms with Crippen molar-refractivity contribution in [3.8, 4) is 0 Å². The Labute approximate surface area is 93.4 Å². The quantitative estimate of drug-likeness (QED) is 0.773. The highest BCUT2D eigenvalue weighted by molar-refractivity contribution is 8.01. The largest absolute Gasteiger partial charge is 0.298 e. The van der Waals surface area contributed by atoms with Gasteiger partial charge in [-0.05, 0) is 6.07 Å². The van der Waals surface area contributed by atoms with Gasteiger partial charge < -0.3 is 0 Å². The number of rotatable bonds is 3. The van der Waals surface area contributed by atoms with Gasteiger partial charge in [0.2, 0.25) is 0 Å². The molecule has 0 amide bonds. The third kappa shape index (κ3) is 2.21. The number of carbonyl (C=O) groups is 1. The Morgan fingerprint density at radius 1 is 1.47 bits per heavy atom. The molecule has 0 N–H and O–H groups in total. The van der Waals surface area contributed by atoms with E-state index in [1.54, 1.807) is 11.6 Å². The Morgan fingerprint density at radius 3 is 3.00 bits per heavy atom. The van der Waals surface area contributed by atoms with Gasteiger partial charge in [0.15, 0.2) is 10.6 Å². The molecule has 0 atom stereocenters. The fourth-order valence-corrected chi connectivity index (χ4v) is 2.53. The topological polar surface area (TPSA) is 42.9 Å². The molecule has 1 heterocycles. The predicted octanol–water partition coefficient (Wildman–Crippen LogP) is 2.64. The maximum Gasteiger partial charge on any atom is 0.178 e. The molecule has 1 aromatic heterocycles. The maximum absolute atomic E-state index is 13.4. The molecule has 0 bridgehead atoms. The van der Waals surface area contributed by atoms with Crippen LogP contribution in [0.2, 0.25) is 0 Å². The van der Waals surface area contributed by atoms with E-state index < -0.39 is 5.82 Å². The molecule has 0 aliphatic rings. The number of halogens is 1. The van der Waals surface area contributed by atoms with Crippen LogP contribution in [0, 0.1) is 5.82 Å². The SMILES string of the molecule is O=Cc1cccc(F)c1Sc1nncs1. The molecular formula is C9H5FN2OS2. The van der Waals surface area contributed by atoms with Gasteiger partial charge in [-0.3, -0.25) is 4.79 Å². The molecule has 0 saturated heterocycles. The smallest absolute Gasteiger partial charge is 0.178 e. The van der Waals surface area contributed by atoms with Gasteiger partial charge >= 0.3 is 0 Å². The number of benzene rings is 1. The lowest BCUT2D eigenvalue weighted by Gasteiger charge is -2.02. The summed E-state index contributed by atoms with van der Waals surface area (Å²) < 4.78 is 14.0. The summed E-state index contributed by atoms with van der Waals surface area (Å²) in [6, 6.07) is 4.39. The van der Waals surface area contributed by atoms with Crippen LogP contribution in [-0.4, -0.2) is 16.5 Å². The summed E-state index contributed by atoms with van der Waals surface area (Å²) in [7, 11) is 0. The monoisotopic (exact) mass is 240 g/mol. The van der Waals surface area contributed by atoms with Crippen LogP contribution in [0.15, 0.2) is 32.9 Å². The van der Waals surface area contributed by atoms with Gasteiger partial charge in [-0.2, -0.15) is 0 Å². The molecule has 0 unspecified atom stereocenters. The highest BCUT2D eigenvalue weighted by Gasteiger charge is 2.11. The highest BCUT2D eigenvalue weighted by Crippen LogP contribution is 2.32. The average Bonchev–Trinajstić information content (AvgIpc) is 2.74. The number of hydrogen-bond donors (Lipinski definition) is 0. The first-order valence-corrected chi connectivity index (χ1v) is 5.68. The van der Waals surface area contributed by atoms with Crippen molar-refractivity contribution in [1.82, 2.24) is 10.2 Å². The van der Waals surface area contributed by atoms with Gasteiger partial charge in [-0.1, -0.05) is 35.2 Å². The van der Waals surface area contributed by atoms with Gasteiger partial charge in [0.05, 0.1) is 4.90 Å². The Hall–Kier alpha value is -1.27. The number of nitrogens with zero attached hydrogens (tertiary/aromatic N) is 2. The lowest BCUT2D eigenvalue weighted by Crippen LogP contribution is -1.89. The first kappa shape index (κ1) is 10.3. The molecule has 0 fully saturated rings. The van der Waals surface area contributed by atoms with Crippen molar-refractivity contribution in [2.24, 2.45) is 0 Å². The standard InChI is InChI=1S/C9H5FN2OS2/c10-7-3-1-2-6(4-13)8(7)15-9-12-11-5-14-9/h1-5H. The van der Waals surface area contributed by atoms with Crippen molar-refractivity contribution in [1.29, 1.82) is 0 Å². The Morgan fingerprint density at radius 2 is 2.33 bits per heavy atom. The van der Waals surface area contributed by atoms with E-state index >= 15 is 0 Å². The molecule has 1 aromatic carbocycles. The van der Waals surface area contributed by atoms with Crippen molar-refractivity contribution in [3.63, 3.8) is 0 Å². The van der Waals surface area contributed by atoms with Crippen molar-refractivity contribution in [2.75, 3.05) is 0 Å². The van der Waals surface area contributed by atoms with E-state index in [-0.39, 0.29) is 0 Å². The van der Waals surface area contributed by atoms with Crippen LogP contribution >= 0.6 is 23.1 Å². The van der Waals surface area contributed by atoms with E-state index in [0.29, 0.717) is 21.1 Å². The highest BCUT2D eigenvalue weighted by atomic mass is 32.2. The molecule has 15 heavy (non-hydrogen) atoms. The second-order valence-electron chi connectivity index (χ2n) is 2.58. The van der Waals surface area contributed by atoms with Crippen LogP contribution in [0.4, 0.5) is 4.39 Å². The fraction of sp³-hybridized carbons (Fsp3) is 0. The molecule has 0 aliphatic carbocycles. The zero-order valence-electron chi connectivity index (χ0n) is 7.38. The molecule has 2 aromatic rings. The van der Waals surface area contributed by atoms with Crippen molar-refractivity contribution in [3.05, 3.63) is 35.1 Å². The van der Waals surface area contributed by atoms with E-state index in [9.17, 15) is 9.18 Å². The molecule has 0 aliphatic heterocycles. The zero-order valence-corrected chi connectivity index (χ0v) is 9.02. The molecule has 3 nitrogen and oxygen atoms in total. The number of aldehydes is 1. The van der Waals surface area contributed by atoms with Gasteiger partial charge in [0, 0.05) is 5.56 Å². The summed E-state index contributed by atoms with van der Waals surface area (Å²) in [5.74, 6) is -0.417. The first-order valence-electron chi connectivity index (χ1n) is 3.99. The lowest BCUT2D eigenvalue weighted by atomic mass is 10.2. The predicted molar refractivity (Wildman–Crippen MR) is 55.8 cm³/mol. The summed E-state index contributed by atoms with van der Waals surface area (Å²) in [6.07, 6.45) is 0.631. The fourth-order valence-electron chi connectivity index (χ4n) is 1.02. The van der Waals surface area contributed by atoms with E-state index in [1.807, 2.05) is 0 Å². The van der Waals surface area contributed by atoms with Crippen LogP contribution in [0.3, 0.4) is 0 Å². The summed E-state index contributed by atoms with van der Waals surface area (Å²) in [4.78, 5) is 11.0. The average molecular weight is 240 g/mol. The summed E-state index contributed by atoms with van der Waals surface area (Å²) in [5.41, 5.74) is 1.89. The number of hydrogen-bond acceptors (Lipinski definition) is 5. The van der Waals surface area contributed by atoms with Crippen LogP contribution in [0.5, 0.6) is 0 Å². The van der Waals surface area contributed by atoms with Gasteiger partial charge in [0.25, 0.3) is 0 Å². The van der Waals surface area contributed by atoms with Crippen LogP contribution in [-0.2, 0) is 0 Å². The van der Waals surface area contributed by atoms with Gasteiger partial charge in [-0.25, -0.2) is 4.39 Å². The summed E-state index contributed by atoms with van der Waals surface area (Å²) in [5, 5.41) is 7.42. The van der Waals surface area contributed by atoms with Crippen molar-refractivity contribution < 1.29 is 9.18 Å². The molecule has 0 radical (unpaired) electrons. The van der Waals surface area contributed by atoms with E-state index in [1.165, 1.54) is 23.5 Å². The summed E-state index contributed by atoms with van der Waals surface area (Å²) >= 11 is 2.41. The van der Waals surface area contributed by atoms with Gasteiger partial charge in [-0.15, -0.1) is 10.2 Å². The second kappa shape index (κ2) is 4.50. The molecule has 0 saturated carbocycles. The normalized spacial score (nSPS) is 10.2. The van der Waals surface area contributed by atoms with Crippen molar-refractivity contribution >= 4 is 29.4 Å². The minimum atomic E-state index is -0.417. The maximum atomic E-state index is 13.4. The van der Waals surface area contributed by atoms with E-state index in [2.05, 4.69) is 10.2 Å². The number of aromatic nitrogens is 2. The Kier molecular flexibility index (Phi) is 3.08. The number of carbonyl (C=O) groups excluding carboxylic acids is 1. The zero-order chi connectivity index (χ0) is 10.7. The molecule has 6 heteroatoms. The minimum absolute atomic E-state index is 0.296. The van der Waals surface area contributed by atoms with Crippen LogP contribution in [0.25, 0.3) is 0 Å². The molecule has 76 valence electrons. The third-order valence-corrected chi connectivity index (χ3v) is 3.57.